The van der Waals surface area contributed by atoms with Gasteiger partial charge < -0.3 is 5.32 Å². The largest absolute Gasteiger partial charge is 0.310 e. The van der Waals surface area contributed by atoms with Gasteiger partial charge in [-0.15, -0.1) is 0 Å². The molecule has 1 aromatic heterocycles. The number of nitriles is 1. The second-order valence-electron chi connectivity index (χ2n) is 8.82. The van der Waals surface area contributed by atoms with Gasteiger partial charge >= 0.3 is 0 Å². The van der Waals surface area contributed by atoms with Crippen LogP contribution in [0.2, 0.25) is 0 Å². The van der Waals surface area contributed by atoms with Crippen LogP contribution < -0.4 is 5.32 Å². The average molecular weight is 488 g/mol. The van der Waals surface area contributed by atoms with Crippen molar-refractivity contribution in [3.8, 4) is 6.07 Å². The number of ketones is 1. The molecule has 0 bridgehead atoms. The molecule has 8 heteroatoms. The van der Waals surface area contributed by atoms with Crippen LogP contribution in [-0.2, 0) is 32.9 Å². The summed E-state index contributed by atoms with van der Waals surface area (Å²) in [6, 6.07) is 18.8. The number of anilines is 1. The minimum atomic E-state index is -3.29. The Labute approximate surface area is 204 Å². The van der Waals surface area contributed by atoms with Gasteiger partial charge in [-0.25, -0.2) is 13.4 Å². The van der Waals surface area contributed by atoms with Crippen molar-refractivity contribution in [1.82, 2.24) is 4.98 Å². The molecule has 1 atom stereocenters. The Kier molecular flexibility index (Phi) is 6.55. The summed E-state index contributed by atoms with van der Waals surface area (Å²) in [5.41, 5.74) is 2.41. The van der Waals surface area contributed by atoms with E-state index in [1.807, 2.05) is 13.0 Å². The van der Waals surface area contributed by atoms with Gasteiger partial charge in [0.15, 0.2) is 15.6 Å². The second-order valence-corrected chi connectivity index (χ2v) is 11.1. The Morgan fingerprint density at radius 1 is 1.14 bits per heavy atom. The standard InChI is InChI=1S/C27H25N3O4S/c1-3-35(33,34)21-9-7-18(8-10-21)16-25(31)30-24-12-11-22-23(29-24)13-14-27(2,26(22)32)20-6-4-5-19(15-20)17-28/h4-12,15H,3,13-14,16H2,1-2H3,(H,29,30,31). The van der Waals surface area contributed by atoms with E-state index in [4.69, 9.17) is 0 Å². The van der Waals surface area contributed by atoms with E-state index in [9.17, 15) is 23.3 Å². The van der Waals surface area contributed by atoms with Gasteiger partial charge in [0.1, 0.15) is 5.82 Å². The molecule has 7 nitrogen and oxygen atoms in total. The zero-order chi connectivity index (χ0) is 25.2. The number of Topliss-reactive ketones (excluding diaryl/α,β-unsaturated/α-hetero) is 1. The number of nitrogens with zero attached hydrogens (tertiary/aromatic N) is 2. The number of fused-ring (bicyclic) bond motifs is 1. The van der Waals surface area contributed by atoms with Crippen LogP contribution in [0.1, 0.15) is 53.0 Å². The number of benzene rings is 2. The highest BCUT2D eigenvalue weighted by atomic mass is 32.2. The fraction of sp³-hybridized carbons (Fsp3) is 0.259. The van der Waals surface area contributed by atoms with Crippen LogP contribution in [0.4, 0.5) is 5.82 Å². The molecule has 1 aliphatic carbocycles. The van der Waals surface area contributed by atoms with Crippen molar-refractivity contribution >= 4 is 27.3 Å². The SMILES string of the molecule is CCS(=O)(=O)c1ccc(CC(=O)Nc2ccc3c(n2)CCC(C)(c2cccc(C#N)c2)C3=O)cc1. The number of sulfone groups is 1. The van der Waals surface area contributed by atoms with E-state index in [2.05, 4.69) is 16.4 Å². The lowest BCUT2D eigenvalue weighted by molar-refractivity contribution is -0.115. The maximum absolute atomic E-state index is 13.4. The molecular formula is C27H25N3O4S. The minimum Gasteiger partial charge on any atom is -0.310 e. The van der Waals surface area contributed by atoms with Gasteiger partial charge in [0, 0.05) is 5.56 Å². The van der Waals surface area contributed by atoms with Gasteiger partial charge in [-0.2, -0.15) is 5.26 Å². The van der Waals surface area contributed by atoms with Crippen molar-refractivity contribution in [1.29, 1.82) is 5.26 Å². The second kappa shape index (κ2) is 9.43. The summed E-state index contributed by atoms with van der Waals surface area (Å²) in [4.78, 5) is 30.7. The molecule has 0 fully saturated rings. The van der Waals surface area contributed by atoms with Crippen LogP contribution in [0.25, 0.3) is 0 Å². The molecule has 1 heterocycles. The quantitative estimate of drug-likeness (QED) is 0.561. The molecule has 1 unspecified atom stereocenters. The fourth-order valence-corrected chi connectivity index (χ4v) is 5.19. The third-order valence-electron chi connectivity index (χ3n) is 6.51. The number of pyridine rings is 1. The minimum absolute atomic E-state index is 0.0186. The molecule has 2 aromatic carbocycles. The molecule has 1 aliphatic rings. The number of nitrogens with one attached hydrogen (secondary N) is 1. The lowest BCUT2D eigenvalue weighted by Gasteiger charge is -2.33. The average Bonchev–Trinajstić information content (AvgIpc) is 2.86. The fourth-order valence-electron chi connectivity index (χ4n) is 4.31. The number of rotatable bonds is 6. The van der Waals surface area contributed by atoms with Crippen LogP contribution in [0.15, 0.2) is 65.6 Å². The van der Waals surface area contributed by atoms with E-state index in [0.29, 0.717) is 41.0 Å². The summed E-state index contributed by atoms with van der Waals surface area (Å²) in [5, 5.41) is 12.0. The normalized spacial score (nSPS) is 17.3. The van der Waals surface area contributed by atoms with E-state index in [0.717, 1.165) is 5.56 Å². The molecule has 0 saturated carbocycles. The zero-order valence-electron chi connectivity index (χ0n) is 19.5. The summed E-state index contributed by atoms with van der Waals surface area (Å²) >= 11 is 0. The van der Waals surface area contributed by atoms with Crippen LogP contribution >= 0.6 is 0 Å². The Bertz CT molecular complexity index is 1460. The van der Waals surface area contributed by atoms with Gasteiger partial charge in [0.25, 0.3) is 0 Å². The summed E-state index contributed by atoms with van der Waals surface area (Å²) in [6.45, 7) is 3.48. The highest BCUT2D eigenvalue weighted by Gasteiger charge is 2.40. The molecule has 0 radical (unpaired) electrons. The summed E-state index contributed by atoms with van der Waals surface area (Å²) in [7, 11) is -3.29. The van der Waals surface area contributed by atoms with Crippen molar-refractivity contribution in [3.63, 3.8) is 0 Å². The topological polar surface area (TPSA) is 117 Å². The maximum atomic E-state index is 13.4. The molecule has 1 N–H and O–H groups in total. The number of carbonyl (C=O) groups is 2. The number of aryl methyl sites for hydroxylation is 1. The van der Waals surface area contributed by atoms with Crippen molar-refractivity contribution < 1.29 is 18.0 Å². The number of hydrogen-bond acceptors (Lipinski definition) is 6. The highest BCUT2D eigenvalue weighted by molar-refractivity contribution is 7.91. The Hall–Kier alpha value is -3.83. The Balaban J connectivity index is 1.47. The molecule has 3 aromatic rings. The maximum Gasteiger partial charge on any atom is 0.229 e. The highest BCUT2D eigenvalue weighted by Crippen LogP contribution is 2.38. The first-order valence-electron chi connectivity index (χ1n) is 11.3. The number of aromatic nitrogens is 1. The molecule has 35 heavy (non-hydrogen) atoms. The van der Waals surface area contributed by atoms with Crippen LogP contribution in [0.3, 0.4) is 0 Å². The molecule has 1 amide bonds. The van der Waals surface area contributed by atoms with E-state index in [1.165, 1.54) is 12.1 Å². The van der Waals surface area contributed by atoms with Crippen LogP contribution in [-0.4, -0.2) is 30.8 Å². The van der Waals surface area contributed by atoms with Crippen LogP contribution in [0, 0.1) is 11.3 Å². The third kappa shape index (κ3) is 4.86. The summed E-state index contributed by atoms with van der Waals surface area (Å²) in [5.74, 6) is 0.0390. The molecule has 0 saturated heterocycles. The van der Waals surface area contributed by atoms with Crippen LogP contribution in [0.5, 0.6) is 0 Å². The monoisotopic (exact) mass is 487 g/mol. The van der Waals surface area contributed by atoms with Gasteiger partial charge in [-0.05, 0) is 67.3 Å². The van der Waals surface area contributed by atoms with Gasteiger partial charge in [0.2, 0.25) is 5.91 Å². The van der Waals surface area contributed by atoms with E-state index >= 15 is 0 Å². The van der Waals surface area contributed by atoms with E-state index < -0.39 is 15.3 Å². The number of amides is 1. The lowest BCUT2D eigenvalue weighted by Crippen LogP contribution is -2.38. The first-order chi connectivity index (χ1) is 16.7. The van der Waals surface area contributed by atoms with Crippen molar-refractivity contribution in [2.45, 2.75) is 43.4 Å². The first-order valence-corrected chi connectivity index (χ1v) is 13.0. The Morgan fingerprint density at radius 2 is 1.89 bits per heavy atom. The Morgan fingerprint density at radius 3 is 2.57 bits per heavy atom. The molecular weight excluding hydrogens is 462 g/mol. The lowest BCUT2D eigenvalue weighted by atomic mass is 9.68. The third-order valence-corrected chi connectivity index (χ3v) is 8.26. The van der Waals surface area contributed by atoms with Crippen molar-refractivity contribution in [2.24, 2.45) is 0 Å². The van der Waals surface area contributed by atoms with Gasteiger partial charge in [0.05, 0.1) is 39.8 Å². The van der Waals surface area contributed by atoms with Gasteiger partial charge in [-0.3, -0.25) is 9.59 Å². The first kappa shape index (κ1) is 24.3. The molecule has 0 aliphatic heterocycles. The predicted molar refractivity (Wildman–Crippen MR) is 132 cm³/mol. The number of hydrogen-bond donors (Lipinski definition) is 1. The molecule has 178 valence electrons. The number of carbonyl (C=O) groups excluding carboxylic acids is 2. The van der Waals surface area contributed by atoms with Gasteiger partial charge in [-0.1, -0.05) is 31.2 Å². The predicted octanol–water partition coefficient (Wildman–Crippen LogP) is 4.01. The van der Waals surface area contributed by atoms with E-state index in [1.54, 1.807) is 49.4 Å². The summed E-state index contributed by atoms with van der Waals surface area (Å²) < 4.78 is 23.9. The molecule has 0 spiro atoms. The summed E-state index contributed by atoms with van der Waals surface area (Å²) in [6.07, 6.45) is 1.17. The molecule has 4 rings (SSSR count). The smallest absolute Gasteiger partial charge is 0.229 e. The van der Waals surface area contributed by atoms with Crippen molar-refractivity contribution in [3.05, 3.63) is 88.6 Å². The van der Waals surface area contributed by atoms with Crippen molar-refractivity contribution in [2.75, 3.05) is 11.1 Å². The zero-order valence-corrected chi connectivity index (χ0v) is 20.4. The van der Waals surface area contributed by atoms with E-state index in [-0.39, 0.29) is 28.8 Å².